The first-order valence-electron chi connectivity index (χ1n) is 6.44. The van der Waals surface area contributed by atoms with E-state index >= 15 is 0 Å². The number of nitrogens with one attached hydrogen (secondary N) is 1. The van der Waals surface area contributed by atoms with Gasteiger partial charge in [0.1, 0.15) is 0 Å². The Bertz CT molecular complexity index is 194. The van der Waals surface area contributed by atoms with Crippen molar-refractivity contribution < 1.29 is 14.2 Å². The van der Waals surface area contributed by atoms with Crippen LogP contribution >= 0.6 is 0 Å². The zero-order valence-corrected chi connectivity index (χ0v) is 10.2. The number of rotatable bonds is 5. The topological polar surface area (TPSA) is 39.7 Å². The molecule has 16 heavy (non-hydrogen) atoms. The van der Waals surface area contributed by atoms with Gasteiger partial charge in [-0.3, -0.25) is 0 Å². The fraction of sp³-hybridized carbons (Fsp3) is 1.00. The summed E-state index contributed by atoms with van der Waals surface area (Å²) in [7, 11) is 0. The molecule has 1 saturated heterocycles. The molecule has 4 heteroatoms. The van der Waals surface area contributed by atoms with Crippen LogP contribution in [0.3, 0.4) is 0 Å². The predicted molar refractivity (Wildman–Crippen MR) is 61.4 cm³/mol. The summed E-state index contributed by atoms with van der Waals surface area (Å²) >= 11 is 0. The Balaban J connectivity index is 1.61. The summed E-state index contributed by atoms with van der Waals surface area (Å²) in [5.41, 5.74) is 0. The van der Waals surface area contributed by atoms with Gasteiger partial charge in [0, 0.05) is 32.0 Å². The minimum atomic E-state index is -0.224. The van der Waals surface area contributed by atoms with Gasteiger partial charge in [0.05, 0.1) is 19.8 Å². The summed E-state index contributed by atoms with van der Waals surface area (Å²) in [6.07, 6.45) is 4.34. The Morgan fingerprint density at radius 3 is 2.56 bits per heavy atom. The van der Waals surface area contributed by atoms with Gasteiger partial charge < -0.3 is 19.5 Å². The molecule has 1 heterocycles. The van der Waals surface area contributed by atoms with Gasteiger partial charge in [0.25, 0.3) is 0 Å². The molecule has 1 saturated carbocycles. The molecule has 1 aliphatic heterocycles. The maximum Gasteiger partial charge on any atom is 0.168 e. The van der Waals surface area contributed by atoms with E-state index in [4.69, 9.17) is 14.2 Å². The summed E-state index contributed by atoms with van der Waals surface area (Å²) in [5, 5.41) is 3.53. The molecule has 4 nitrogen and oxygen atoms in total. The molecule has 2 fully saturated rings. The van der Waals surface area contributed by atoms with Crippen LogP contribution in [0.1, 0.15) is 32.6 Å². The van der Waals surface area contributed by atoms with E-state index in [1.807, 2.05) is 6.92 Å². The van der Waals surface area contributed by atoms with Gasteiger partial charge in [-0.15, -0.1) is 0 Å². The van der Waals surface area contributed by atoms with Crippen molar-refractivity contribution in [1.82, 2.24) is 5.32 Å². The first-order chi connectivity index (χ1) is 7.85. The highest BCUT2D eigenvalue weighted by Gasteiger charge is 2.39. The van der Waals surface area contributed by atoms with Gasteiger partial charge in [-0.2, -0.15) is 0 Å². The normalized spacial score (nSPS) is 25.3. The van der Waals surface area contributed by atoms with E-state index in [1.54, 1.807) is 0 Å². The number of hydrogen-bond acceptors (Lipinski definition) is 4. The molecule has 2 aliphatic rings. The molecular weight excluding hydrogens is 206 g/mol. The SMILES string of the molecule is CCOCCNC1CCC2(CC1)OCCO2. The van der Waals surface area contributed by atoms with Crippen molar-refractivity contribution >= 4 is 0 Å². The maximum absolute atomic E-state index is 5.70. The summed E-state index contributed by atoms with van der Waals surface area (Å²) in [4.78, 5) is 0. The molecule has 1 spiro atoms. The minimum absolute atomic E-state index is 0.224. The molecule has 1 N–H and O–H groups in total. The van der Waals surface area contributed by atoms with Crippen molar-refractivity contribution in [3.8, 4) is 0 Å². The average Bonchev–Trinajstić information content (AvgIpc) is 2.76. The summed E-state index contributed by atoms with van der Waals surface area (Å²) in [6, 6.07) is 0.610. The molecule has 1 aliphatic carbocycles. The smallest absolute Gasteiger partial charge is 0.168 e. The molecule has 0 atom stereocenters. The lowest BCUT2D eigenvalue weighted by Gasteiger charge is -2.35. The third-order valence-electron chi connectivity index (χ3n) is 3.44. The molecule has 94 valence electrons. The van der Waals surface area contributed by atoms with Crippen LogP contribution in [-0.2, 0) is 14.2 Å². The fourth-order valence-electron chi connectivity index (χ4n) is 2.53. The van der Waals surface area contributed by atoms with E-state index in [1.165, 1.54) is 0 Å². The van der Waals surface area contributed by atoms with Gasteiger partial charge in [0.2, 0.25) is 0 Å². The Labute approximate surface area is 97.6 Å². The molecule has 0 amide bonds. The summed E-state index contributed by atoms with van der Waals surface area (Å²) in [5.74, 6) is -0.224. The molecule has 2 rings (SSSR count). The largest absolute Gasteiger partial charge is 0.380 e. The van der Waals surface area contributed by atoms with Crippen molar-refractivity contribution in [2.24, 2.45) is 0 Å². The molecular formula is C12H23NO3. The lowest BCUT2D eigenvalue weighted by molar-refractivity contribution is -0.179. The standard InChI is InChI=1S/C12H23NO3/c1-2-14-8-7-13-11-3-5-12(6-4-11)15-9-10-16-12/h11,13H,2-10H2,1H3. The Kier molecular flexibility index (Phi) is 4.58. The second-order valence-electron chi connectivity index (χ2n) is 4.53. The van der Waals surface area contributed by atoms with Gasteiger partial charge in [0.15, 0.2) is 5.79 Å². The first kappa shape index (κ1) is 12.3. The fourth-order valence-corrected chi connectivity index (χ4v) is 2.53. The third kappa shape index (κ3) is 3.17. The van der Waals surface area contributed by atoms with Gasteiger partial charge in [-0.05, 0) is 19.8 Å². The van der Waals surface area contributed by atoms with E-state index in [0.717, 1.165) is 58.7 Å². The first-order valence-corrected chi connectivity index (χ1v) is 6.44. The number of hydrogen-bond donors (Lipinski definition) is 1. The second kappa shape index (κ2) is 5.96. The maximum atomic E-state index is 5.70. The third-order valence-corrected chi connectivity index (χ3v) is 3.44. The van der Waals surface area contributed by atoms with Crippen LogP contribution in [0, 0.1) is 0 Å². The quantitative estimate of drug-likeness (QED) is 0.721. The van der Waals surface area contributed by atoms with Crippen molar-refractivity contribution in [2.45, 2.75) is 44.4 Å². The highest BCUT2D eigenvalue weighted by atomic mass is 16.7. The van der Waals surface area contributed by atoms with Crippen LogP contribution in [0.2, 0.25) is 0 Å². The highest BCUT2D eigenvalue weighted by molar-refractivity contribution is 4.85. The van der Waals surface area contributed by atoms with Crippen molar-refractivity contribution in [3.05, 3.63) is 0 Å². The predicted octanol–water partition coefficient (Wildman–Crippen LogP) is 1.30. The van der Waals surface area contributed by atoms with Crippen LogP contribution in [0.25, 0.3) is 0 Å². The van der Waals surface area contributed by atoms with Gasteiger partial charge in [-0.25, -0.2) is 0 Å². The summed E-state index contributed by atoms with van der Waals surface area (Å²) < 4.78 is 16.7. The van der Waals surface area contributed by atoms with E-state index in [9.17, 15) is 0 Å². The molecule has 0 aromatic rings. The zero-order valence-electron chi connectivity index (χ0n) is 10.2. The van der Waals surface area contributed by atoms with Crippen LogP contribution in [0.4, 0.5) is 0 Å². The molecule has 0 aromatic carbocycles. The van der Waals surface area contributed by atoms with Gasteiger partial charge >= 0.3 is 0 Å². The Hall–Kier alpha value is -0.160. The lowest BCUT2D eigenvalue weighted by Crippen LogP contribution is -2.42. The minimum Gasteiger partial charge on any atom is -0.380 e. The van der Waals surface area contributed by atoms with Crippen LogP contribution in [0.15, 0.2) is 0 Å². The average molecular weight is 229 g/mol. The van der Waals surface area contributed by atoms with Crippen LogP contribution < -0.4 is 5.32 Å². The van der Waals surface area contributed by atoms with Crippen LogP contribution in [-0.4, -0.2) is 44.8 Å². The van der Waals surface area contributed by atoms with Crippen molar-refractivity contribution in [1.29, 1.82) is 0 Å². The summed E-state index contributed by atoms with van der Waals surface area (Å²) in [6.45, 7) is 6.12. The monoisotopic (exact) mass is 229 g/mol. The second-order valence-corrected chi connectivity index (χ2v) is 4.53. The highest BCUT2D eigenvalue weighted by Crippen LogP contribution is 2.35. The van der Waals surface area contributed by atoms with E-state index in [0.29, 0.717) is 6.04 Å². The number of ether oxygens (including phenoxy) is 3. The van der Waals surface area contributed by atoms with E-state index < -0.39 is 0 Å². The van der Waals surface area contributed by atoms with Gasteiger partial charge in [-0.1, -0.05) is 0 Å². The zero-order chi connectivity index (χ0) is 11.3. The van der Waals surface area contributed by atoms with Crippen molar-refractivity contribution in [3.63, 3.8) is 0 Å². The van der Waals surface area contributed by atoms with Crippen molar-refractivity contribution in [2.75, 3.05) is 33.0 Å². The lowest BCUT2D eigenvalue weighted by atomic mass is 9.90. The molecule has 0 radical (unpaired) electrons. The van der Waals surface area contributed by atoms with E-state index in [-0.39, 0.29) is 5.79 Å². The Morgan fingerprint density at radius 2 is 1.94 bits per heavy atom. The van der Waals surface area contributed by atoms with Crippen LogP contribution in [0.5, 0.6) is 0 Å². The molecule has 0 unspecified atom stereocenters. The molecule has 0 aromatic heterocycles. The van der Waals surface area contributed by atoms with E-state index in [2.05, 4.69) is 5.32 Å². The molecule has 0 bridgehead atoms. The Morgan fingerprint density at radius 1 is 1.25 bits per heavy atom.